The highest BCUT2D eigenvalue weighted by molar-refractivity contribution is 7.47. The van der Waals surface area contributed by atoms with Crippen LogP contribution < -0.4 is 5.73 Å². The van der Waals surface area contributed by atoms with Gasteiger partial charge in [0.25, 0.3) is 0 Å². The van der Waals surface area contributed by atoms with Crippen LogP contribution in [0.3, 0.4) is 0 Å². The van der Waals surface area contributed by atoms with Gasteiger partial charge >= 0.3 is 19.8 Å². The minimum atomic E-state index is -4.42. The molecule has 0 aromatic carbocycles. The number of hydrogen-bond donors (Lipinski definition) is 2. The van der Waals surface area contributed by atoms with Gasteiger partial charge in [0, 0.05) is 19.4 Å². The summed E-state index contributed by atoms with van der Waals surface area (Å²) in [5.41, 5.74) is 5.40. The van der Waals surface area contributed by atoms with Crippen molar-refractivity contribution < 1.29 is 37.6 Å². The monoisotopic (exact) mass is 1300 g/mol. The summed E-state index contributed by atoms with van der Waals surface area (Å²) in [6.07, 6.45) is 117. The minimum Gasteiger partial charge on any atom is -0.462 e. The highest BCUT2D eigenvalue weighted by atomic mass is 31.2. The SMILES string of the molecule is CC/C=C\C/C=C\C/C=C\C/C=C\C/C=C\C/C=C\C/C=C\C/C=C\C/C=C\CCCCCCCCCCCC(=O)OC(COC(=O)CCCCCCCCC/C=C\C/C=C\C/C=C\C/C=C\C/C=C\C/C=C\C/C=C\C/C=C\C/C=C\CC)COP(=O)(O)OCCN. The number of rotatable bonds is 65. The largest absolute Gasteiger partial charge is 0.472 e. The van der Waals surface area contributed by atoms with E-state index < -0.39 is 32.5 Å². The third-order valence-electron chi connectivity index (χ3n) is 14.4. The van der Waals surface area contributed by atoms with Crippen LogP contribution >= 0.6 is 7.82 Å². The third kappa shape index (κ3) is 75.2. The Morgan fingerprint density at radius 3 is 0.828 bits per heavy atom. The fourth-order valence-electron chi connectivity index (χ4n) is 9.09. The van der Waals surface area contributed by atoms with Gasteiger partial charge in [-0.15, -0.1) is 0 Å². The Bertz CT molecular complexity index is 2330. The summed E-state index contributed by atoms with van der Waals surface area (Å²) in [6.45, 7) is 3.47. The van der Waals surface area contributed by atoms with Crippen molar-refractivity contribution in [1.82, 2.24) is 0 Å². The average molecular weight is 1300 g/mol. The topological polar surface area (TPSA) is 134 Å². The number of unbranched alkanes of at least 4 members (excludes halogenated alkanes) is 16. The molecule has 0 aliphatic carbocycles. The standard InChI is InChI=1S/C83H130NO8P/c1-3-5-7-9-11-13-15-17-19-21-23-25-27-29-31-33-35-37-39-40-42-44-46-48-50-52-54-56-58-60-62-64-66-68-70-72-74-76-83(86)92-81(80-91-93(87,88)90-78-77-84)79-89-82(85)75-73-71-69-67-65-63-61-59-57-55-53-51-49-47-45-43-41-38-36-34-32-30-28-26-24-22-20-18-16-14-12-10-8-6-4-2/h5-8,11-14,17-20,23-26,29-32,35-38,40,42-43,45-46,48-49,51-52,54-55,57,81H,3-4,9-10,15-16,21-22,27-28,33-34,39,41,44,47,50,53,56,58-80,84H2,1-2H3,(H,87,88)/b7-5-,8-6-,13-11-,14-12-,19-17-,20-18-,25-23-,26-24-,31-29-,32-30-,37-35-,38-36-,42-40-,45-43-,48-46-,51-49-,54-52-,57-55-. The van der Waals surface area contributed by atoms with Gasteiger partial charge in [0.15, 0.2) is 6.10 Å². The van der Waals surface area contributed by atoms with Crippen molar-refractivity contribution in [3.8, 4) is 0 Å². The van der Waals surface area contributed by atoms with Crippen LogP contribution in [0.2, 0.25) is 0 Å². The fraction of sp³-hybridized carbons (Fsp3) is 0.542. The Balaban J connectivity index is 4.02. The quantitative estimate of drug-likeness (QED) is 0.0264. The van der Waals surface area contributed by atoms with Crippen molar-refractivity contribution in [1.29, 1.82) is 0 Å². The molecular weight excluding hydrogens is 1170 g/mol. The Morgan fingerprint density at radius 2 is 0.559 bits per heavy atom. The zero-order valence-electron chi connectivity index (χ0n) is 58.4. The molecular formula is C83H130NO8P. The first-order valence-corrected chi connectivity index (χ1v) is 37.7. The molecule has 520 valence electrons. The van der Waals surface area contributed by atoms with Gasteiger partial charge in [-0.2, -0.15) is 0 Å². The van der Waals surface area contributed by atoms with Crippen molar-refractivity contribution in [3.05, 3.63) is 219 Å². The molecule has 0 saturated carbocycles. The van der Waals surface area contributed by atoms with Gasteiger partial charge in [0.2, 0.25) is 0 Å². The number of phosphoric ester groups is 1. The summed E-state index contributed by atoms with van der Waals surface area (Å²) in [5, 5.41) is 0. The van der Waals surface area contributed by atoms with Gasteiger partial charge < -0.3 is 20.1 Å². The number of allylic oxidation sites excluding steroid dienone is 36. The second kappa shape index (κ2) is 75.4. The lowest BCUT2D eigenvalue weighted by atomic mass is 10.1. The molecule has 0 spiro atoms. The molecule has 0 aliphatic rings. The van der Waals surface area contributed by atoms with E-state index in [1.165, 1.54) is 51.4 Å². The van der Waals surface area contributed by atoms with Crippen molar-refractivity contribution in [3.63, 3.8) is 0 Å². The number of phosphoric acid groups is 1. The number of carbonyl (C=O) groups is 2. The van der Waals surface area contributed by atoms with Crippen LogP contribution in [0.4, 0.5) is 0 Å². The van der Waals surface area contributed by atoms with E-state index in [0.29, 0.717) is 12.8 Å². The predicted molar refractivity (Wildman–Crippen MR) is 403 cm³/mol. The Hall–Kier alpha value is -5.67. The lowest BCUT2D eigenvalue weighted by Crippen LogP contribution is -2.29. The summed E-state index contributed by atoms with van der Waals surface area (Å²) in [5.74, 6) is -0.862. The summed E-state index contributed by atoms with van der Waals surface area (Å²) >= 11 is 0. The number of carbonyl (C=O) groups excluding carboxylic acids is 2. The predicted octanol–water partition coefficient (Wildman–Crippen LogP) is 24.4. The summed E-state index contributed by atoms with van der Waals surface area (Å²) in [6, 6.07) is 0. The summed E-state index contributed by atoms with van der Waals surface area (Å²) in [4.78, 5) is 35.4. The highest BCUT2D eigenvalue weighted by Crippen LogP contribution is 2.43. The van der Waals surface area contributed by atoms with Crippen LogP contribution in [-0.4, -0.2) is 49.3 Å². The Labute approximate surface area is 569 Å². The second-order valence-corrected chi connectivity index (χ2v) is 24.4. The summed E-state index contributed by atoms with van der Waals surface area (Å²) in [7, 11) is -4.42. The van der Waals surface area contributed by atoms with E-state index in [1.54, 1.807) is 0 Å². The molecule has 0 saturated heterocycles. The van der Waals surface area contributed by atoms with E-state index in [-0.39, 0.29) is 32.6 Å². The maximum Gasteiger partial charge on any atom is 0.472 e. The van der Waals surface area contributed by atoms with E-state index in [1.807, 2.05) is 0 Å². The molecule has 10 heteroatoms. The third-order valence-corrected chi connectivity index (χ3v) is 15.3. The van der Waals surface area contributed by atoms with Crippen molar-refractivity contribution in [2.45, 2.75) is 264 Å². The first-order valence-electron chi connectivity index (χ1n) is 36.2. The Kier molecular flexibility index (Phi) is 70.8. The normalized spacial score (nSPS) is 14.2. The van der Waals surface area contributed by atoms with Crippen LogP contribution in [0.5, 0.6) is 0 Å². The maximum absolute atomic E-state index is 12.8. The molecule has 2 unspecified atom stereocenters. The summed E-state index contributed by atoms with van der Waals surface area (Å²) < 4.78 is 33.2. The first-order chi connectivity index (χ1) is 45.8. The molecule has 0 aromatic rings. The van der Waals surface area contributed by atoms with Crippen LogP contribution in [0.1, 0.15) is 258 Å². The minimum absolute atomic E-state index is 0.0392. The highest BCUT2D eigenvalue weighted by Gasteiger charge is 2.26. The van der Waals surface area contributed by atoms with Crippen molar-refractivity contribution >= 4 is 19.8 Å². The average Bonchev–Trinajstić information content (AvgIpc) is 3.04. The molecule has 0 amide bonds. The molecule has 3 N–H and O–H groups in total. The Morgan fingerprint density at radius 1 is 0.323 bits per heavy atom. The van der Waals surface area contributed by atoms with E-state index in [0.717, 1.165) is 167 Å². The number of esters is 2. The van der Waals surface area contributed by atoms with Gasteiger partial charge in [-0.3, -0.25) is 18.6 Å². The zero-order valence-corrected chi connectivity index (χ0v) is 59.3. The van der Waals surface area contributed by atoms with E-state index in [4.69, 9.17) is 24.3 Å². The molecule has 0 bridgehead atoms. The van der Waals surface area contributed by atoms with E-state index in [2.05, 4.69) is 233 Å². The molecule has 0 fully saturated rings. The van der Waals surface area contributed by atoms with E-state index in [9.17, 15) is 19.0 Å². The smallest absolute Gasteiger partial charge is 0.462 e. The number of hydrogen-bond acceptors (Lipinski definition) is 8. The van der Waals surface area contributed by atoms with Gasteiger partial charge in [0.05, 0.1) is 13.2 Å². The lowest BCUT2D eigenvalue weighted by Gasteiger charge is -2.19. The molecule has 0 aliphatic heterocycles. The van der Waals surface area contributed by atoms with Crippen LogP contribution in [0, 0.1) is 0 Å². The van der Waals surface area contributed by atoms with E-state index >= 15 is 0 Å². The number of nitrogens with two attached hydrogens (primary N) is 1. The number of ether oxygens (including phenoxy) is 2. The molecule has 0 radical (unpaired) electrons. The molecule has 0 heterocycles. The van der Waals surface area contributed by atoms with Crippen LogP contribution in [0.15, 0.2) is 219 Å². The molecule has 93 heavy (non-hydrogen) atoms. The van der Waals surface area contributed by atoms with Gasteiger partial charge in [-0.25, -0.2) is 4.57 Å². The molecule has 9 nitrogen and oxygen atoms in total. The maximum atomic E-state index is 12.8. The molecule has 0 rings (SSSR count). The second-order valence-electron chi connectivity index (χ2n) is 23.0. The van der Waals surface area contributed by atoms with Crippen LogP contribution in [-0.2, 0) is 32.7 Å². The van der Waals surface area contributed by atoms with Gasteiger partial charge in [-0.05, 0) is 154 Å². The van der Waals surface area contributed by atoms with Gasteiger partial charge in [-0.1, -0.05) is 310 Å². The van der Waals surface area contributed by atoms with Crippen molar-refractivity contribution in [2.75, 3.05) is 26.4 Å². The molecule has 2 atom stereocenters. The molecule has 0 aromatic heterocycles. The van der Waals surface area contributed by atoms with Gasteiger partial charge in [0.1, 0.15) is 6.61 Å². The zero-order chi connectivity index (χ0) is 67.2. The van der Waals surface area contributed by atoms with Crippen molar-refractivity contribution in [2.24, 2.45) is 5.73 Å². The van der Waals surface area contributed by atoms with Crippen LogP contribution in [0.25, 0.3) is 0 Å². The lowest BCUT2D eigenvalue weighted by molar-refractivity contribution is -0.161. The first kappa shape index (κ1) is 87.3. The fourth-order valence-corrected chi connectivity index (χ4v) is 9.86.